The van der Waals surface area contributed by atoms with E-state index in [0.717, 1.165) is 10.3 Å². The number of aryl methyl sites for hydroxylation is 1. The van der Waals surface area contributed by atoms with Crippen molar-refractivity contribution in [3.8, 4) is 11.5 Å². The molecular formula is C22H25BrN6O4S. The second-order valence-electron chi connectivity index (χ2n) is 7.03. The first kappa shape index (κ1) is 25.4. The first-order chi connectivity index (χ1) is 16.4. The van der Waals surface area contributed by atoms with Crippen LogP contribution in [0.25, 0.3) is 0 Å². The molecule has 0 saturated carbocycles. The fraction of sp³-hybridized carbons (Fsp3) is 0.273. The molecular weight excluding hydrogens is 524 g/mol. The van der Waals surface area contributed by atoms with Gasteiger partial charge in [0.1, 0.15) is 23.1 Å². The molecule has 3 N–H and O–H groups in total. The van der Waals surface area contributed by atoms with E-state index < -0.39 is 5.91 Å². The Morgan fingerprint density at radius 1 is 1.15 bits per heavy atom. The number of furan rings is 1. The predicted octanol–water partition coefficient (Wildman–Crippen LogP) is 4.12. The molecule has 3 aromatic rings. The predicted molar refractivity (Wildman–Crippen MR) is 134 cm³/mol. The molecule has 0 fully saturated rings. The third-order valence-electron chi connectivity index (χ3n) is 4.47. The first-order valence-corrected chi connectivity index (χ1v) is 12.0. The molecule has 0 aliphatic carbocycles. The Kier molecular flexibility index (Phi) is 9.16. The van der Waals surface area contributed by atoms with Crippen molar-refractivity contribution in [3.05, 3.63) is 64.5 Å². The smallest absolute Gasteiger partial charge is 0.305 e. The van der Waals surface area contributed by atoms with E-state index >= 15 is 0 Å². The Labute approximate surface area is 210 Å². The third-order valence-corrected chi connectivity index (χ3v) is 5.88. The van der Waals surface area contributed by atoms with Crippen molar-refractivity contribution >= 4 is 45.4 Å². The summed E-state index contributed by atoms with van der Waals surface area (Å²) in [4.78, 5) is 25.7. The number of aliphatic imine (C=N–C) groups is 1. The maximum atomic E-state index is 12.4. The van der Waals surface area contributed by atoms with E-state index in [1.807, 2.05) is 6.92 Å². The van der Waals surface area contributed by atoms with Crippen LogP contribution in [-0.4, -0.2) is 41.8 Å². The molecule has 2 aromatic heterocycles. The summed E-state index contributed by atoms with van der Waals surface area (Å²) in [6, 6.07) is 8.64. The minimum absolute atomic E-state index is 0.0633. The standard InChI is InChI=1S/C22H25BrN6O4S/c1-13(20-24-10-15(23)11-25-20)12-34-29-22(28-27-21(30)18-9-8-14(2)33-18)26-19-16(31-3)6-5-7-17(19)32-4/h5-11,13H,12H2,1-4H3,(H,27,30)(H2,26,28,29). The molecule has 1 unspecified atom stereocenters. The maximum Gasteiger partial charge on any atom is 0.305 e. The van der Waals surface area contributed by atoms with E-state index in [-0.39, 0.29) is 17.6 Å². The van der Waals surface area contributed by atoms with Crippen LogP contribution < -0.4 is 25.0 Å². The number of para-hydroxylation sites is 1. The number of rotatable bonds is 8. The van der Waals surface area contributed by atoms with E-state index in [1.54, 1.807) is 63.9 Å². The topological polar surface area (TPSA) is 123 Å². The number of benzene rings is 1. The van der Waals surface area contributed by atoms with Gasteiger partial charge in [-0.2, -0.15) is 0 Å². The molecule has 0 spiro atoms. The van der Waals surface area contributed by atoms with Gasteiger partial charge in [-0.1, -0.05) is 13.0 Å². The number of carbonyl (C=O) groups excluding carboxylic acids is 1. The zero-order valence-corrected chi connectivity index (χ0v) is 21.5. The van der Waals surface area contributed by atoms with Gasteiger partial charge < -0.3 is 13.9 Å². The van der Waals surface area contributed by atoms with Gasteiger partial charge in [0, 0.05) is 24.1 Å². The lowest BCUT2D eigenvalue weighted by atomic mass is 10.2. The van der Waals surface area contributed by atoms with Crippen molar-refractivity contribution in [2.75, 3.05) is 20.0 Å². The molecule has 10 nitrogen and oxygen atoms in total. The van der Waals surface area contributed by atoms with E-state index in [2.05, 4.69) is 46.5 Å². The highest BCUT2D eigenvalue weighted by Gasteiger charge is 2.15. The van der Waals surface area contributed by atoms with Gasteiger partial charge in [-0.3, -0.25) is 20.4 Å². The lowest BCUT2D eigenvalue weighted by Crippen LogP contribution is -2.46. The number of halogens is 1. The summed E-state index contributed by atoms with van der Waals surface area (Å²) in [5, 5.41) is 0. The zero-order valence-electron chi connectivity index (χ0n) is 19.1. The average Bonchev–Trinajstić information content (AvgIpc) is 3.28. The van der Waals surface area contributed by atoms with E-state index in [4.69, 9.17) is 13.9 Å². The number of methoxy groups -OCH3 is 2. The van der Waals surface area contributed by atoms with Crippen LogP contribution in [0.2, 0.25) is 0 Å². The van der Waals surface area contributed by atoms with Gasteiger partial charge in [0.2, 0.25) is 5.96 Å². The van der Waals surface area contributed by atoms with Crippen molar-refractivity contribution in [2.45, 2.75) is 19.8 Å². The van der Waals surface area contributed by atoms with Gasteiger partial charge in [0.25, 0.3) is 0 Å². The lowest BCUT2D eigenvalue weighted by Gasteiger charge is -2.16. The summed E-state index contributed by atoms with van der Waals surface area (Å²) in [5.41, 5.74) is 5.85. The number of amides is 1. The van der Waals surface area contributed by atoms with Gasteiger partial charge in [-0.05, 0) is 59.1 Å². The van der Waals surface area contributed by atoms with E-state index in [9.17, 15) is 4.79 Å². The minimum atomic E-state index is -0.448. The number of nitrogens with zero attached hydrogens (tertiary/aromatic N) is 3. The van der Waals surface area contributed by atoms with Crippen LogP contribution in [0, 0.1) is 6.92 Å². The van der Waals surface area contributed by atoms with Crippen molar-refractivity contribution in [3.63, 3.8) is 0 Å². The summed E-state index contributed by atoms with van der Waals surface area (Å²) >= 11 is 4.71. The van der Waals surface area contributed by atoms with Crippen LogP contribution in [0.4, 0.5) is 5.69 Å². The SMILES string of the molecule is COc1cccc(OC)c1/N=C(/NNC(=O)c1ccc(C)o1)NSCC(C)c1ncc(Br)cn1. The van der Waals surface area contributed by atoms with Crippen LogP contribution in [0.5, 0.6) is 11.5 Å². The maximum absolute atomic E-state index is 12.4. The van der Waals surface area contributed by atoms with Crippen LogP contribution in [-0.2, 0) is 0 Å². The van der Waals surface area contributed by atoms with Gasteiger partial charge in [-0.15, -0.1) is 0 Å². The zero-order chi connectivity index (χ0) is 24.5. The quantitative estimate of drug-likeness (QED) is 0.165. The summed E-state index contributed by atoms with van der Waals surface area (Å²) in [6.07, 6.45) is 3.43. The number of hydrogen-bond donors (Lipinski definition) is 3. The number of guanidine groups is 1. The Morgan fingerprint density at radius 2 is 1.82 bits per heavy atom. The Morgan fingerprint density at radius 3 is 2.41 bits per heavy atom. The largest absolute Gasteiger partial charge is 0.494 e. The average molecular weight is 549 g/mol. The number of nitrogens with one attached hydrogen (secondary N) is 3. The summed E-state index contributed by atoms with van der Waals surface area (Å²) in [5.74, 6) is 3.06. The van der Waals surface area contributed by atoms with Gasteiger partial charge >= 0.3 is 5.91 Å². The van der Waals surface area contributed by atoms with Crippen molar-refractivity contribution in [2.24, 2.45) is 4.99 Å². The third kappa shape index (κ3) is 6.87. The lowest BCUT2D eigenvalue weighted by molar-refractivity contribution is 0.0914. The molecule has 0 radical (unpaired) electrons. The molecule has 0 saturated heterocycles. The van der Waals surface area contributed by atoms with Crippen molar-refractivity contribution in [1.29, 1.82) is 0 Å². The molecule has 1 atom stereocenters. The molecule has 1 aromatic carbocycles. The number of carbonyl (C=O) groups is 1. The highest BCUT2D eigenvalue weighted by molar-refractivity contribution is 9.10. The number of ether oxygens (including phenoxy) is 2. The van der Waals surface area contributed by atoms with Gasteiger partial charge in [0.05, 0.1) is 18.7 Å². The van der Waals surface area contributed by atoms with Crippen LogP contribution >= 0.6 is 27.9 Å². The molecule has 180 valence electrons. The van der Waals surface area contributed by atoms with Crippen LogP contribution in [0.15, 0.2) is 56.6 Å². The normalized spacial score (nSPS) is 12.1. The number of hydrogen-bond acceptors (Lipinski definition) is 8. The summed E-state index contributed by atoms with van der Waals surface area (Å²) < 4.78 is 20.2. The van der Waals surface area contributed by atoms with Crippen LogP contribution in [0.3, 0.4) is 0 Å². The molecule has 0 bridgehead atoms. The minimum Gasteiger partial charge on any atom is -0.494 e. The van der Waals surface area contributed by atoms with Crippen LogP contribution in [0.1, 0.15) is 35.0 Å². The highest BCUT2D eigenvalue weighted by atomic mass is 79.9. The Balaban J connectivity index is 1.75. The summed E-state index contributed by atoms with van der Waals surface area (Å²) in [7, 11) is 3.09. The fourth-order valence-electron chi connectivity index (χ4n) is 2.75. The Hall–Kier alpha value is -3.25. The molecule has 12 heteroatoms. The highest BCUT2D eigenvalue weighted by Crippen LogP contribution is 2.36. The van der Waals surface area contributed by atoms with Gasteiger partial charge in [-0.25, -0.2) is 15.0 Å². The Bertz CT molecular complexity index is 1120. The summed E-state index contributed by atoms with van der Waals surface area (Å²) in [6.45, 7) is 3.78. The van der Waals surface area contributed by atoms with E-state index in [1.165, 1.54) is 11.9 Å². The molecule has 2 heterocycles. The second kappa shape index (κ2) is 12.3. The fourth-order valence-corrected chi connectivity index (χ4v) is 3.67. The molecule has 34 heavy (non-hydrogen) atoms. The monoisotopic (exact) mass is 548 g/mol. The van der Waals surface area contributed by atoms with E-state index in [0.29, 0.717) is 28.7 Å². The molecule has 3 rings (SSSR count). The number of hydrazine groups is 1. The molecule has 0 aliphatic heterocycles. The first-order valence-electron chi connectivity index (χ1n) is 10.2. The second-order valence-corrected chi connectivity index (χ2v) is 8.78. The van der Waals surface area contributed by atoms with Crippen molar-refractivity contribution < 1.29 is 18.7 Å². The molecule has 1 amide bonds. The van der Waals surface area contributed by atoms with Gasteiger partial charge in [0.15, 0.2) is 11.4 Å². The number of aromatic nitrogens is 2. The molecule has 0 aliphatic rings. The van der Waals surface area contributed by atoms with Crippen molar-refractivity contribution in [1.82, 2.24) is 25.5 Å².